The van der Waals surface area contributed by atoms with Crippen LogP contribution in [0.4, 0.5) is 5.69 Å². The summed E-state index contributed by atoms with van der Waals surface area (Å²) in [6, 6.07) is 19.6. The zero-order chi connectivity index (χ0) is 39.4. The number of aliphatic hydroxyl groups is 1. The zero-order valence-electron chi connectivity index (χ0n) is 32.9. The van der Waals surface area contributed by atoms with Gasteiger partial charge in [-0.15, -0.1) is 0 Å². The Labute approximate surface area is 323 Å². The Morgan fingerprint density at radius 1 is 0.778 bits per heavy atom. The lowest BCUT2D eigenvalue weighted by atomic mass is 9.93. The van der Waals surface area contributed by atoms with E-state index in [2.05, 4.69) is 23.3 Å². The van der Waals surface area contributed by atoms with Gasteiger partial charge in [-0.1, -0.05) is 44.9 Å². The number of fused-ring (bicyclic) bond motifs is 2. The van der Waals surface area contributed by atoms with Crippen molar-refractivity contribution in [2.24, 2.45) is 0 Å². The van der Waals surface area contributed by atoms with Crippen LogP contribution in [0.3, 0.4) is 0 Å². The molecule has 1 aliphatic heterocycles. The molecule has 298 valence electrons. The molecule has 0 bridgehead atoms. The molecule has 0 saturated heterocycles. The third-order valence-electron chi connectivity index (χ3n) is 10.2. The zero-order valence-corrected chi connectivity index (χ0v) is 35.7. The molecule has 1 heterocycles. The second-order valence-corrected chi connectivity index (χ2v) is 21.3. The molecule has 2 aliphatic rings. The minimum Gasteiger partial charge on any atom is -0.744 e. The topological polar surface area (TPSA) is 143 Å². The Morgan fingerprint density at radius 3 is 2.07 bits per heavy atom. The first-order chi connectivity index (χ1) is 26.0. The minimum atomic E-state index is -4.80. The highest BCUT2D eigenvalue weighted by Gasteiger charge is 2.37. The van der Waals surface area contributed by atoms with Gasteiger partial charge in [-0.25, -0.2) is 13.0 Å². The Morgan fingerprint density at radius 2 is 1.44 bits per heavy atom. The van der Waals surface area contributed by atoms with Gasteiger partial charge in [0.15, 0.2) is 0 Å². The van der Waals surface area contributed by atoms with Crippen molar-refractivity contribution in [2.45, 2.75) is 69.4 Å². The van der Waals surface area contributed by atoms with Crippen molar-refractivity contribution in [1.29, 1.82) is 0 Å². The van der Waals surface area contributed by atoms with Gasteiger partial charge in [-0.3, -0.25) is 0 Å². The van der Waals surface area contributed by atoms with E-state index in [-0.39, 0.29) is 11.1 Å². The van der Waals surface area contributed by atoms with Crippen LogP contribution in [0.1, 0.15) is 52.4 Å². The van der Waals surface area contributed by atoms with Crippen molar-refractivity contribution in [1.82, 2.24) is 4.58 Å². The molecule has 0 atom stereocenters. The first kappa shape index (κ1) is 43.8. The SMILES string of the molecule is CCCCN(CCC[Si](OC)(OC)OC)c1ccc2c(-c3ccccc3S(=O)(=O)[O-])c3ccc(=[N+](CCCC)CCC[Si](CO)(OC)OC)cc-3oc2c1. The van der Waals surface area contributed by atoms with Gasteiger partial charge in [-0.05, 0) is 43.2 Å². The fourth-order valence-electron chi connectivity index (χ4n) is 6.96. The summed E-state index contributed by atoms with van der Waals surface area (Å²) < 4.78 is 75.2. The first-order valence-corrected chi connectivity index (χ1v) is 24.3. The number of benzene rings is 3. The van der Waals surface area contributed by atoms with Crippen molar-refractivity contribution in [3.8, 4) is 22.5 Å². The van der Waals surface area contributed by atoms with Crippen molar-refractivity contribution >= 4 is 44.1 Å². The predicted molar refractivity (Wildman–Crippen MR) is 216 cm³/mol. The molecular weight excluding hydrogens is 745 g/mol. The molecule has 12 nitrogen and oxygen atoms in total. The van der Waals surface area contributed by atoms with Crippen molar-refractivity contribution in [3.63, 3.8) is 0 Å². The Bertz CT molecular complexity index is 1930. The van der Waals surface area contributed by atoms with Crippen LogP contribution in [-0.4, -0.2) is 103 Å². The lowest BCUT2D eigenvalue weighted by Crippen LogP contribution is -2.45. The van der Waals surface area contributed by atoms with E-state index in [1.165, 1.54) is 6.07 Å². The molecule has 54 heavy (non-hydrogen) atoms. The third kappa shape index (κ3) is 10.5. The number of nitrogens with zero attached hydrogens (tertiary/aromatic N) is 2. The molecule has 2 aromatic rings. The summed E-state index contributed by atoms with van der Waals surface area (Å²) in [6.45, 7) is 7.39. The lowest BCUT2D eigenvalue weighted by molar-refractivity contribution is 0.123. The van der Waals surface area contributed by atoms with E-state index in [9.17, 15) is 18.1 Å². The van der Waals surface area contributed by atoms with Crippen molar-refractivity contribution < 1.29 is 44.6 Å². The van der Waals surface area contributed by atoms with E-state index in [0.29, 0.717) is 52.1 Å². The molecular formula is C39H58N2O10SSi2. The van der Waals surface area contributed by atoms with E-state index in [1.807, 2.05) is 36.4 Å². The monoisotopic (exact) mass is 802 g/mol. The van der Waals surface area contributed by atoms with Crippen LogP contribution in [0, 0.1) is 0 Å². The van der Waals surface area contributed by atoms with Crippen LogP contribution in [-0.2, 0) is 32.2 Å². The highest BCUT2D eigenvalue weighted by Crippen LogP contribution is 2.43. The first-order valence-electron chi connectivity index (χ1n) is 18.7. The summed E-state index contributed by atoms with van der Waals surface area (Å²) in [7, 11) is -2.19. The number of anilines is 1. The Hall–Kier alpha value is -2.97. The van der Waals surface area contributed by atoms with Crippen LogP contribution in [0.5, 0.6) is 0 Å². The number of aliphatic hydroxyl groups excluding tert-OH is 1. The summed E-state index contributed by atoms with van der Waals surface area (Å²) in [6.07, 6.45) is 5.42. The van der Waals surface area contributed by atoms with Crippen LogP contribution in [0.15, 0.2) is 70.0 Å². The molecule has 15 heteroatoms. The predicted octanol–water partition coefficient (Wildman–Crippen LogP) is 6.21. The van der Waals surface area contributed by atoms with Gasteiger partial charge in [0.1, 0.15) is 34.6 Å². The number of unbranched alkanes of at least 4 members (excludes halogenated alkanes) is 2. The summed E-state index contributed by atoms with van der Waals surface area (Å²) in [5, 5.41) is 11.7. The maximum atomic E-state index is 12.6. The average molecular weight is 803 g/mol. The molecule has 0 radical (unpaired) electrons. The number of hydrogen-bond acceptors (Lipinski definition) is 11. The van der Waals surface area contributed by atoms with Crippen LogP contribution in [0.25, 0.3) is 33.4 Å². The van der Waals surface area contributed by atoms with E-state index in [4.69, 9.17) is 26.5 Å². The second kappa shape index (κ2) is 20.3. The fourth-order valence-corrected chi connectivity index (χ4v) is 11.0. The molecule has 0 unspecified atom stereocenters. The molecule has 1 N–H and O–H groups in total. The van der Waals surface area contributed by atoms with Crippen molar-refractivity contribution in [2.75, 3.05) is 72.9 Å². The standard InChI is InChI=1S/C39H58N2O10SSi2/c1-8-10-22-40(24-14-26-53(30-42,46-3)47-4)31-18-20-33-36(28-31)51-37-29-32(41(23-11-9-2)25-15-27-54(48-5,49-6)50-7)19-21-34(37)39(33)35-16-12-13-17-38(35)52(43,44)45/h12-13,16-21,28-29,42H,8-11,14-15,22-27,30H2,1-7H3. The van der Waals surface area contributed by atoms with Gasteiger partial charge in [0, 0.05) is 107 Å². The maximum Gasteiger partial charge on any atom is 0.500 e. The number of hydrogen-bond donors (Lipinski definition) is 1. The second-order valence-electron chi connectivity index (χ2n) is 13.4. The normalized spacial score (nSPS) is 13.2. The van der Waals surface area contributed by atoms with E-state index >= 15 is 0 Å². The quantitative estimate of drug-likeness (QED) is 0.0396. The molecule has 4 rings (SSSR count). The smallest absolute Gasteiger partial charge is 0.500 e. The molecule has 0 fully saturated rings. The van der Waals surface area contributed by atoms with Crippen LogP contribution in [0.2, 0.25) is 12.1 Å². The average Bonchev–Trinajstić information content (AvgIpc) is 3.19. The van der Waals surface area contributed by atoms with Gasteiger partial charge in [0.2, 0.25) is 5.36 Å². The van der Waals surface area contributed by atoms with Gasteiger partial charge in [-0.2, -0.15) is 0 Å². The van der Waals surface area contributed by atoms with Gasteiger partial charge in [0.05, 0.1) is 17.2 Å². The van der Waals surface area contributed by atoms with Crippen molar-refractivity contribution in [3.05, 3.63) is 66.0 Å². The maximum absolute atomic E-state index is 12.6. The highest BCUT2D eigenvalue weighted by molar-refractivity contribution is 7.85. The van der Waals surface area contributed by atoms with Gasteiger partial charge < -0.3 is 41.1 Å². The molecule has 0 aromatic heterocycles. The summed E-state index contributed by atoms with van der Waals surface area (Å²) in [4.78, 5) is 2.04. The molecule has 0 spiro atoms. The molecule has 0 amide bonds. The highest BCUT2D eigenvalue weighted by atomic mass is 32.2. The van der Waals surface area contributed by atoms with Crippen LogP contribution < -0.4 is 14.8 Å². The van der Waals surface area contributed by atoms with Gasteiger partial charge >= 0.3 is 17.4 Å². The Balaban J connectivity index is 1.92. The lowest BCUT2D eigenvalue weighted by Gasteiger charge is -2.28. The third-order valence-corrected chi connectivity index (χ3v) is 17.0. The molecule has 0 saturated carbocycles. The van der Waals surface area contributed by atoms with E-state index < -0.39 is 27.5 Å². The summed E-state index contributed by atoms with van der Waals surface area (Å²) in [5.74, 6) is 0.566. The van der Waals surface area contributed by atoms with Crippen LogP contribution >= 0.6 is 0 Å². The van der Waals surface area contributed by atoms with E-state index in [1.54, 1.807) is 53.7 Å². The summed E-state index contributed by atoms with van der Waals surface area (Å²) in [5.41, 5.74) is 3.17. The Kier molecular flexibility index (Phi) is 16.4. The fraction of sp³-hybridized carbons (Fsp3) is 0.513. The van der Waals surface area contributed by atoms with E-state index in [0.717, 1.165) is 69.2 Å². The molecule has 2 aromatic carbocycles. The summed E-state index contributed by atoms with van der Waals surface area (Å²) >= 11 is 0. The minimum absolute atomic E-state index is 0.117. The molecule has 1 aliphatic carbocycles. The number of rotatable bonds is 23. The van der Waals surface area contributed by atoms with Gasteiger partial charge in [0.25, 0.3) is 0 Å². The largest absolute Gasteiger partial charge is 0.744 e.